The molecule has 0 spiro atoms. The maximum Gasteiger partial charge on any atom is 0.416 e. The molecule has 1 aliphatic heterocycles. The molecule has 10 heteroatoms. The van der Waals surface area contributed by atoms with Crippen molar-refractivity contribution >= 4 is 39.7 Å². The Morgan fingerprint density at radius 2 is 1.86 bits per heavy atom. The van der Waals surface area contributed by atoms with Gasteiger partial charge < -0.3 is 14.3 Å². The van der Waals surface area contributed by atoms with E-state index in [-0.39, 0.29) is 17.0 Å². The number of thiophene rings is 1. The number of aliphatic hydroxyl groups excluding tert-OH is 1. The fourth-order valence-electron chi connectivity index (χ4n) is 4.27. The topological polar surface area (TPSA) is 80.0 Å². The number of benzene rings is 2. The van der Waals surface area contributed by atoms with Crippen molar-refractivity contribution in [2.45, 2.75) is 19.1 Å². The second kappa shape index (κ2) is 8.56. The van der Waals surface area contributed by atoms with Gasteiger partial charge in [0.1, 0.15) is 6.04 Å². The van der Waals surface area contributed by atoms with E-state index in [0.717, 1.165) is 34.7 Å². The van der Waals surface area contributed by atoms with E-state index in [2.05, 4.69) is 0 Å². The van der Waals surface area contributed by atoms with Gasteiger partial charge in [0, 0.05) is 16.0 Å². The molecule has 1 amide bonds. The van der Waals surface area contributed by atoms with Crippen LogP contribution < -0.4 is 9.64 Å². The molecule has 6 nitrogen and oxygen atoms in total. The van der Waals surface area contributed by atoms with Crippen LogP contribution in [-0.4, -0.2) is 23.9 Å². The zero-order valence-electron chi connectivity index (χ0n) is 18.9. The van der Waals surface area contributed by atoms with Crippen LogP contribution in [0.15, 0.2) is 75.7 Å². The Labute approximate surface area is 206 Å². The minimum atomic E-state index is -4.55. The van der Waals surface area contributed by atoms with Crippen molar-refractivity contribution in [3.63, 3.8) is 0 Å². The Morgan fingerprint density at radius 3 is 2.47 bits per heavy atom. The van der Waals surface area contributed by atoms with Crippen LogP contribution in [0, 0.1) is 6.92 Å². The van der Waals surface area contributed by atoms with Crippen molar-refractivity contribution in [2.75, 3.05) is 12.0 Å². The van der Waals surface area contributed by atoms with Crippen molar-refractivity contribution < 1.29 is 37.0 Å². The van der Waals surface area contributed by atoms with Crippen LogP contribution in [0.2, 0.25) is 0 Å². The van der Waals surface area contributed by atoms with E-state index in [1.807, 2.05) is 0 Å². The summed E-state index contributed by atoms with van der Waals surface area (Å²) in [7, 11) is 1.46. The number of aryl methyl sites for hydroxylation is 1. The number of ketones is 1. The fraction of sp³-hybridized carbons (Fsp3) is 0.154. The molecule has 0 bridgehead atoms. The molecule has 0 aliphatic carbocycles. The number of nitrogens with zero attached hydrogens (tertiary/aromatic N) is 1. The number of carbonyl (C=O) groups excluding carboxylic acids is 2. The third-order valence-electron chi connectivity index (χ3n) is 6.03. The number of fused-ring (bicyclic) bond motifs is 1. The highest BCUT2D eigenvalue weighted by atomic mass is 32.1. The number of para-hydroxylation sites is 1. The predicted octanol–water partition coefficient (Wildman–Crippen LogP) is 6.61. The number of furan rings is 1. The SMILES string of the molecule is COc1cccc2cc(C(=O)C3=C(O)C(=O)N(c4ccc(C(F)(F)F)cc4)C3c3sccc3C)oc12. The zero-order chi connectivity index (χ0) is 25.8. The van der Waals surface area contributed by atoms with Gasteiger partial charge in [0.2, 0.25) is 5.78 Å². The third-order valence-corrected chi connectivity index (χ3v) is 7.10. The monoisotopic (exact) mass is 513 g/mol. The Balaban J connectivity index is 1.63. The summed E-state index contributed by atoms with van der Waals surface area (Å²) in [4.78, 5) is 28.6. The van der Waals surface area contributed by atoms with Gasteiger partial charge >= 0.3 is 6.18 Å². The number of ether oxygens (including phenoxy) is 1. The summed E-state index contributed by atoms with van der Waals surface area (Å²) in [5.41, 5.74) is 0.0820. The molecule has 36 heavy (non-hydrogen) atoms. The van der Waals surface area contributed by atoms with E-state index in [4.69, 9.17) is 9.15 Å². The Kier molecular flexibility index (Phi) is 5.63. The number of Topliss-reactive ketones (excluding diaryl/α,β-unsaturated/α-hetero) is 1. The first kappa shape index (κ1) is 23.7. The van der Waals surface area contributed by atoms with E-state index in [1.165, 1.54) is 24.5 Å². The van der Waals surface area contributed by atoms with E-state index < -0.39 is 35.2 Å². The summed E-state index contributed by atoms with van der Waals surface area (Å²) >= 11 is 1.26. The average molecular weight is 513 g/mol. The summed E-state index contributed by atoms with van der Waals surface area (Å²) in [6.45, 7) is 1.78. The molecule has 0 fully saturated rings. The lowest BCUT2D eigenvalue weighted by molar-refractivity contribution is -0.137. The number of hydrogen-bond donors (Lipinski definition) is 1. The van der Waals surface area contributed by atoms with Crippen LogP contribution in [0.3, 0.4) is 0 Å². The van der Waals surface area contributed by atoms with Crippen LogP contribution >= 0.6 is 11.3 Å². The van der Waals surface area contributed by atoms with Gasteiger partial charge in [-0.25, -0.2) is 0 Å². The third kappa shape index (κ3) is 3.74. The first-order valence-electron chi connectivity index (χ1n) is 10.7. The molecular formula is C26H18F3NO5S. The van der Waals surface area contributed by atoms with Crippen LogP contribution in [0.25, 0.3) is 11.0 Å². The number of amides is 1. The molecule has 0 saturated heterocycles. The predicted molar refractivity (Wildman–Crippen MR) is 127 cm³/mol. The Bertz CT molecular complexity index is 1530. The molecule has 3 heterocycles. The maximum absolute atomic E-state index is 13.7. The minimum Gasteiger partial charge on any atom is -0.503 e. The number of methoxy groups -OCH3 is 1. The molecule has 0 radical (unpaired) electrons. The molecule has 1 aliphatic rings. The number of anilines is 1. The number of hydrogen-bond acceptors (Lipinski definition) is 6. The molecule has 1 unspecified atom stereocenters. The summed E-state index contributed by atoms with van der Waals surface area (Å²) in [5, 5.41) is 13.2. The Hall–Kier alpha value is -4.05. The molecule has 1 atom stereocenters. The highest BCUT2D eigenvalue weighted by Crippen LogP contribution is 2.45. The number of rotatable bonds is 5. The molecule has 4 aromatic rings. The minimum absolute atomic E-state index is 0.103. The second-order valence-electron chi connectivity index (χ2n) is 8.17. The van der Waals surface area contributed by atoms with Crippen molar-refractivity contribution in [2.24, 2.45) is 0 Å². The quantitative estimate of drug-likeness (QED) is 0.304. The van der Waals surface area contributed by atoms with Gasteiger partial charge in [0.25, 0.3) is 5.91 Å². The van der Waals surface area contributed by atoms with Gasteiger partial charge in [-0.2, -0.15) is 13.2 Å². The lowest BCUT2D eigenvalue weighted by Gasteiger charge is -2.26. The normalized spacial score (nSPS) is 16.3. The van der Waals surface area contributed by atoms with Crippen LogP contribution in [-0.2, 0) is 11.0 Å². The number of halogens is 3. The standard InChI is InChI=1S/C26H18F3NO5S/c1-13-10-11-36-24(13)20-19(21(31)18-12-14-4-3-5-17(34-2)23(14)35-18)22(32)25(33)30(20)16-8-6-15(7-9-16)26(27,28)29/h3-12,20,32H,1-2H3. The molecule has 5 rings (SSSR count). The van der Waals surface area contributed by atoms with Gasteiger partial charge in [-0.05, 0) is 60.3 Å². The lowest BCUT2D eigenvalue weighted by Crippen LogP contribution is -2.31. The summed E-state index contributed by atoms with van der Waals surface area (Å²) in [5.74, 6) is -2.11. The van der Waals surface area contributed by atoms with Gasteiger partial charge in [0.15, 0.2) is 22.9 Å². The summed E-state index contributed by atoms with van der Waals surface area (Å²) in [6.07, 6.45) is -4.55. The molecule has 2 aromatic carbocycles. The van der Waals surface area contributed by atoms with Crippen LogP contribution in [0.5, 0.6) is 5.75 Å². The van der Waals surface area contributed by atoms with E-state index in [1.54, 1.807) is 36.6 Å². The van der Waals surface area contributed by atoms with Gasteiger partial charge in [-0.1, -0.05) is 12.1 Å². The highest BCUT2D eigenvalue weighted by Gasteiger charge is 2.46. The van der Waals surface area contributed by atoms with Gasteiger partial charge in [0.05, 0.1) is 18.2 Å². The van der Waals surface area contributed by atoms with Crippen LogP contribution in [0.1, 0.15) is 32.6 Å². The van der Waals surface area contributed by atoms with E-state index >= 15 is 0 Å². The highest BCUT2D eigenvalue weighted by molar-refractivity contribution is 7.10. The Morgan fingerprint density at radius 1 is 1.14 bits per heavy atom. The summed E-state index contributed by atoms with van der Waals surface area (Å²) in [6, 6.07) is 11.3. The van der Waals surface area contributed by atoms with E-state index in [9.17, 15) is 27.9 Å². The second-order valence-corrected chi connectivity index (χ2v) is 9.12. The molecule has 184 valence electrons. The van der Waals surface area contributed by atoms with Gasteiger partial charge in [-0.15, -0.1) is 11.3 Å². The largest absolute Gasteiger partial charge is 0.503 e. The first-order valence-corrected chi connectivity index (χ1v) is 11.6. The molecule has 0 saturated carbocycles. The number of carbonyl (C=O) groups is 2. The average Bonchev–Trinajstić information content (AvgIpc) is 3.54. The van der Waals surface area contributed by atoms with Crippen LogP contribution in [0.4, 0.5) is 18.9 Å². The molecule has 1 N–H and O–H groups in total. The fourth-order valence-corrected chi connectivity index (χ4v) is 5.29. The lowest BCUT2D eigenvalue weighted by atomic mass is 9.98. The van der Waals surface area contributed by atoms with Crippen molar-refractivity contribution in [3.05, 3.63) is 93.1 Å². The first-order chi connectivity index (χ1) is 17.1. The van der Waals surface area contributed by atoms with E-state index in [0.29, 0.717) is 21.6 Å². The maximum atomic E-state index is 13.7. The van der Waals surface area contributed by atoms with Crippen molar-refractivity contribution in [1.82, 2.24) is 0 Å². The molecular weight excluding hydrogens is 495 g/mol. The van der Waals surface area contributed by atoms with Crippen molar-refractivity contribution in [3.8, 4) is 5.75 Å². The zero-order valence-corrected chi connectivity index (χ0v) is 19.7. The summed E-state index contributed by atoms with van der Waals surface area (Å²) < 4.78 is 50.3. The van der Waals surface area contributed by atoms with Gasteiger partial charge in [-0.3, -0.25) is 14.5 Å². The number of aliphatic hydroxyl groups is 1. The number of alkyl halides is 3. The molecule has 2 aromatic heterocycles. The smallest absolute Gasteiger partial charge is 0.416 e. The van der Waals surface area contributed by atoms with Crippen molar-refractivity contribution in [1.29, 1.82) is 0 Å².